The van der Waals surface area contributed by atoms with Crippen LogP contribution in [0.25, 0.3) is 0 Å². The van der Waals surface area contributed by atoms with Crippen molar-refractivity contribution in [2.75, 3.05) is 0 Å². The highest BCUT2D eigenvalue weighted by Crippen LogP contribution is 2.13. The van der Waals surface area contributed by atoms with Crippen molar-refractivity contribution < 1.29 is 13.2 Å². The number of hydrogen-bond donors (Lipinski definition) is 0. The molecule has 0 heterocycles. The summed E-state index contributed by atoms with van der Waals surface area (Å²) >= 11 is 0. The zero-order chi connectivity index (χ0) is 17.7. The Morgan fingerprint density at radius 1 is 0.720 bits per heavy atom. The largest absolute Gasteiger partial charge is 0.282 e. The fourth-order valence-electron chi connectivity index (χ4n) is 2.13. The Bertz CT molecular complexity index is 985. The standard InChI is InChI=1S/C19H14N2O3S/c22-19(15-7-3-1-4-8-15)20-16-11-13-17(14-12-16)21-25(23,24)18-9-5-2-6-10-18/h1-14H. The van der Waals surface area contributed by atoms with Gasteiger partial charge in [0.15, 0.2) is 0 Å². The van der Waals surface area contributed by atoms with Crippen molar-refractivity contribution in [2.24, 2.45) is 9.39 Å². The highest BCUT2D eigenvalue weighted by atomic mass is 32.2. The van der Waals surface area contributed by atoms with E-state index >= 15 is 0 Å². The van der Waals surface area contributed by atoms with Gasteiger partial charge in [0.05, 0.1) is 16.3 Å². The first-order valence-corrected chi connectivity index (χ1v) is 8.93. The van der Waals surface area contributed by atoms with Crippen molar-refractivity contribution >= 4 is 27.4 Å². The Labute approximate surface area is 145 Å². The van der Waals surface area contributed by atoms with Gasteiger partial charge in [-0.15, -0.1) is 0 Å². The van der Waals surface area contributed by atoms with E-state index in [4.69, 9.17) is 0 Å². The Morgan fingerprint density at radius 2 is 1.24 bits per heavy atom. The second-order valence-corrected chi connectivity index (χ2v) is 6.78. The van der Waals surface area contributed by atoms with E-state index in [-0.39, 0.29) is 16.5 Å². The minimum Gasteiger partial charge on any atom is -0.267 e. The SMILES string of the molecule is O=C(N=C1C=CC(=NS(=O)(=O)c2ccccc2)C=C1)c1ccccc1. The van der Waals surface area contributed by atoms with Crippen LogP contribution in [0.5, 0.6) is 0 Å². The lowest BCUT2D eigenvalue weighted by atomic mass is 10.1. The minimum absolute atomic E-state index is 0.128. The molecule has 0 atom stereocenters. The molecule has 0 spiro atoms. The van der Waals surface area contributed by atoms with Gasteiger partial charge in [-0.2, -0.15) is 12.8 Å². The summed E-state index contributed by atoms with van der Waals surface area (Å²) < 4.78 is 28.2. The Kier molecular flexibility index (Phi) is 4.81. The van der Waals surface area contributed by atoms with E-state index in [1.165, 1.54) is 24.3 Å². The molecule has 0 fully saturated rings. The van der Waals surface area contributed by atoms with Gasteiger partial charge in [0.2, 0.25) is 0 Å². The van der Waals surface area contributed by atoms with Crippen molar-refractivity contribution in [1.82, 2.24) is 0 Å². The summed E-state index contributed by atoms with van der Waals surface area (Å²) in [4.78, 5) is 16.1. The van der Waals surface area contributed by atoms with E-state index in [1.54, 1.807) is 54.6 Å². The Hall–Kier alpha value is -3.12. The van der Waals surface area contributed by atoms with Crippen LogP contribution in [0, 0.1) is 0 Å². The van der Waals surface area contributed by atoms with Gasteiger partial charge in [0.1, 0.15) is 0 Å². The molecule has 0 unspecified atom stereocenters. The number of nitrogens with zero attached hydrogens (tertiary/aromatic N) is 2. The average Bonchev–Trinajstić information content (AvgIpc) is 2.64. The first-order chi connectivity index (χ1) is 12.0. The van der Waals surface area contributed by atoms with Crippen LogP contribution in [0.15, 0.2) is 99.3 Å². The molecule has 1 amide bonds. The Morgan fingerprint density at radius 3 is 1.84 bits per heavy atom. The fourth-order valence-corrected chi connectivity index (χ4v) is 3.14. The summed E-state index contributed by atoms with van der Waals surface area (Å²) in [5.41, 5.74) is 1.20. The number of rotatable bonds is 3. The van der Waals surface area contributed by atoms with E-state index in [9.17, 15) is 13.2 Å². The summed E-state index contributed by atoms with van der Waals surface area (Å²) in [5, 5.41) is 0. The van der Waals surface area contributed by atoms with E-state index < -0.39 is 10.0 Å². The van der Waals surface area contributed by atoms with E-state index in [0.29, 0.717) is 11.3 Å². The number of amides is 1. The molecule has 0 N–H and O–H groups in total. The van der Waals surface area contributed by atoms with Crippen LogP contribution in [0.3, 0.4) is 0 Å². The van der Waals surface area contributed by atoms with Gasteiger partial charge in [-0.1, -0.05) is 36.4 Å². The highest BCUT2D eigenvalue weighted by molar-refractivity contribution is 7.90. The maximum atomic E-state index is 12.2. The minimum atomic E-state index is -3.76. The maximum Gasteiger partial charge on any atom is 0.282 e. The normalized spacial score (nSPS) is 13.6. The number of allylic oxidation sites excluding steroid dienone is 4. The van der Waals surface area contributed by atoms with Gasteiger partial charge in [-0.25, -0.2) is 4.99 Å². The highest BCUT2D eigenvalue weighted by Gasteiger charge is 2.13. The monoisotopic (exact) mass is 350 g/mol. The molecule has 25 heavy (non-hydrogen) atoms. The molecule has 0 saturated carbocycles. The number of carbonyl (C=O) groups excluding carboxylic acids is 1. The zero-order valence-corrected chi connectivity index (χ0v) is 13.9. The third-order valence-corrected chi connectivity index (χ3v) is 4.69. The molecule has 0 aromatic heterocycles. The molecule has 1 aliphatic carbocycles. The lowest BCUT2D eigenvalue weighted by Gasteiger charge is -2.03. The lowest BCUT2D eigenvalue weighted by molar-refractivity contribution is 0.100. The number of benzene rings is 2. The molecule has 0 bridgehead atoms. The maximum absolute atomic E-state index is 12.2. The summed E-state index contributed by atoms with van der Waals surface area (Å²) in [5.74, 6) is -0.359. The lowest BCUT2D eigenvalue weighted by Crippen LogP contribution is -2.06. The third-order valence-electron chi connectivity index (χ3n) is 3.37. The van der Waals surface area contributed by atoms with Crippen LogP contribution in [0.1, 0.15) is 10.4 Å². The fraction of sp³-hybridized carbons (Fsp3) is 0. The van der Waals surface area contributed by atoms with Crippen molar-refractivity contribution in [2.45, 2.75) is 4.90 Å². The zero-order valence-electron chi connectivity index (χ0n) is 13.1. The molecule has 3 rings (SSSR count). The van der Waals surface area contributed by atoms with Gasteiger partial charge in [-0.3, -0.25) is 4.79 Å². The molecule has 5 nitrogen and oxygen atoms in total. The third kappa shape index (κ3) is 4.24. The molecular formula is C19H14N2O3S. The van der Waals surface area contributed by atoms with Gasteiger partial charge < -0.3 is 0 Å². The first-order valence-electron chi connectivity index (χ1n) is 7.49. The summed E-state index contributed by atoms with van der Waals surface area (Å²) in [6, 6.07) is 16.7. The van der Waals surface area contributed by atoms with Crippen molar-refractivity contribution in [3.63, 3.8) is 0 Å². The van der Waals surface area contributed by atoms with Crippen LogP contribution < -0.4 is 0 Å². The Balaban J connectivity index is 1.78. The molecule has 6 heteroatoms. The molecule has 0 radical (unpaired) electrons. The molecule has 0 aliphatic heterocycles. The van der Waals surface area contributed by atoms with E-state index in [1.807, 2.05) is 6.07 Å². The molecule has 0 saturated heterocycles. The predicted octanol–water partition coefficient (Wildman–Crippen LogP) is 3.22. The summed E-state index contributed by atoms with van der Waals surface area (Å²) in [7, 11) is -3.76. The predicted molar refractivity (Wildman–Crippen MR) is 97.6 cm³/mol. The number of hydrogen-bond acceptors (Lipinski definition) is 3. The van der Waals surface area contributed by atoms with Gasteiger partial charge in [0.25, 0.3) is 15.9 Å². The number of aliphatic imine (C=N–C) groups is 1. The molecule has 1 aliphatic rings. The second-order valence-electron chi connectivity index (χ2n) is 5.18. The van der Waals surface area contributed by atoms with Crippen LogP contribution in [-0.2, 0) is 10.0 Å². The van der Waals surface area contributed by atoms with Crippen molar-refractivity contribution in [1.29, 1.82) is 0 Å². The number of sulfonamides is 1. The molecule has 2 aromatic rings. The molecule has 2 aromatic carbocycles. The van der Waals surface area contributed by atoms with Gasteiger partial charge in [0, 0.05) is 5.56 Å². The summed E-state index contributed by atoms with van der Waals surface area (Å²) in [6.07, 6.45) is 6.13. The van der Waals surface area contributed by atoms with Crippen LogP contribution >= 0.6 is 0 Å². The quantitative estimate of drug-likeness (QED) is 0.798. The topological polar surface area (TPSA) is 75.9 Å². The van der Waals surface area contributed by atoms with Gasteiger partial charge >= 0.3 is 0 Å². The first kappa shape index (κ1) is 16.7. The van der Waals surface area contributed by atoms with Crippen LogP contribution in [0.4, 0.5) is 0 Å². The number of carbonyl (C=O) groups is 1. The van der Waals surface area contributed by atoms with Crippen molar-refractivity contribution in [3.8, 4) is 0 Å². The molecule has 124 valence electrons. The van der Waals surface area contributed by atoms with Crippen molar-refractivity contribution in [3.05, 3.63) is 90.5 Å². The molecular weight excluding hydrogens is 336 g/mol. The second kappa shape index (κ2) is 7.19. The van der Waals surface area contributed by atoms with Crippen LogP contribution in [0.2, 0.25) is 0 Å². The summed E-state index contributed by atoms with van der Waals surface area (Å²) in [6.45, 7) is 0. The average molecular weight is 350 g/mol. The van der Waals surface area contributed by atoms with Crippen LogP contribution in [-0.4, -0.2) is 25.7 Å². The van der Waals surface area contributed by atoms with E-state index in [2.05, 4.69) is 9.39 Å². The van der Waals surface area contributed by atoms with E-state index in [0.717, 1.165) is 0 Å². The smallest absolute Gasteiger partial charge is 0.267 e. The van der Waals surface area contributed by atoms with Gasteiger partial charge in [-0.05, 0) is 48.6 Å².